The smallest absolute Gasteiger partial charge is 0.259 e. The molecule has 1 aliphatic carbocycles. The molecule has 7 heteroatoms. The molecular formula is C22H26N2O5. The van der Waals surface area contributed by atoms with Gasteiger partial charge in [0.2, 0.25) is 0 Å². The van der Waals surface area contributed by atoms with Crippen LogP contribution in [0.15, 0.2) is 47.3 Å². The Hall–Kier alpha value is -3.22. The first kappa shape index (κ1) is 20.5. The fourth-order valence-electron chi connectivity index (χ4n) is 3.39. The second-order valence-electron chi connectivity index (χ2n) is 6.92. The Labute approximate surface area is 170 Å². The number of anilines is 1. The molecule has 1 aromatic carbocycles. The number of allylic oxidation sites excluding steroid dienone is 2. The lowest BCUT2D eigenvalue weighted by Gasteiger charge is -2.18. The van der Waals surface area contributed by atoms with Crippen LogP contribution in [0.2, 0.25) is 0 Å². The van der Waals surface area contributed by atoms with Gasteiger partial charge in [-0.15, -0.1) is 0 Å². The van der Waals surface area contributed by atoms with E-state index in [2.05, 4.69) is 22.8 Å². The molecule has 1 aliphatic rings. The van der Waals surface area contributed by atoms with Gasteiger partial charge in [0.15, 0.2) is 11.5 Å². The van der Waals surface area contributed by atoms with Crippen LogP contribution in [0.3, 0.4) is 0 Å². The van der Waals surface area contributed by atoms with E-state index >= 15 is 0 Å². The molecule has 1 heterocycles. The third-order valence-electron chi connectivity index (χ3n) is 4.99. The van der Waals surface area contributed by atoms with E-state index in [0.717, 1.165) is 25.7 Å². The van der Waals surface area contributed by atoms with Crippen LogP contribution in [-0.4, -0.2) is 32.6 Å². The largest absolute Gasteiger partial charge is 0.493 e. The molecule has 1 aromatic heterocycles. The SMILES string of the molecule is COc1cc(C(=O)NCCC2CC=CCC2)cc(NC(=O)c2ccoc2)c1OC. The highest BCUT2D eigenvalue weighted by Crippen LogP contribution is 2.37. The van der Waals surface area contributed by atoms with E-state index in [9.17, 15) is 9.59 Å². The monoisotopic (exact) mass is 398 g/mol. The van der Waals surface area contributed by atoms with E-state index in [1.54, 1.807) is 18.2 Å². The third kappa shape index (κ3) is 5.19. The van der Waals surface area contributed by atoms with Gasteiger partial charge in [0, 0.05) is 12.1 Å². The van der Waals surface area contributed by atoms with E-state index in [1.807, 2.05) is 0 Å². The molecule has 0 fully saturated rings. The second kappa shape index (κ2) is 9.82. The molecule has 7 nitrogen and oxygen atoms in total. The van der Waals surface area contributed by atoms with Crippen molar-refractivity contribution in [1.82, 2.24) is 5.32 Å². The zero-order valence-corrected chi connectivity index (χ0v) is 16.7. The van der Waals surface area contributed by atoms with Crippen LogP contribution >= 0.6 is 0 Å². The maximum Gasteiger partial charge on any atom is 0.259 e. The lowest BCUT2D eigenvalue weighted by molar-refractivity contribution is 0.0949. The van der Waals surface area contributed by atoms with Crippen molar-refractivity contribution in [3.05, 3.63) is 54.0 Å². The Morgan fingerprint density at radius 3 is 2.66 bits per heavy atom. The number of amides is 2. The minimum absolute atomic E-state index is 0.226. The summed E-state index contributed by atoms with van der Waals surface area (Å²) < 4.78 is 15.7. The summed E-state index contributed by atoms with van der Waals surface area (Å²) in [5.41, 5.74) is 1.09. The average molecular weight is 398 g/mol. The van der Waals surface area contributed by atoms with Gasteiger partial charge in [0.05, 0.1) is 31.7 Å². The highest BCUT2D eigenvalue weighted by atomic mass is 16.5. The van der Waals surface area contributed by atoms with Gasteiger partial charge in [0.1, 0.15) is 6.26 Å². The Kier molecular flexibility index (Phi) is 6.94. The highest BCUT2D eigenvalue weighted by Gasteiger charge is 2.19. The number of hydrogen-bond acceptors (Lipinski definition) is 5. The number of hydrogen-bond donors (Lipinski definition) is 2. The molecule has 0 saturated heterocycles. The molecule has 3 rings (SSSR count). The van der Waals surface area contributed by atoms with E-state index in [4.69, 9.17) is 13.9 Å². The van der Waals surface area contributed by atoms with E-state index < -0.39 is 0 Å². The van der Waals surface area contributed by atoms with Gasteiger partial charge in [-0.3, -0.25) is 9.59 Å². The number of ether oxygens (including phenoxy) is 2. The summed E-state index contributed by atoms with van der Waals surface area (Å²) >= 11 is 0. The average Bonchev–Trinajstić information content (AvgIpc) is 3.29. The molecule has 1 unspecified atom stereocenters. The van der Waals surface area contributed by atoms with Crippen molar-refractivity contribution >= 4 is 17.5 Å². The fourth-order valence-corrected chi connectivity index (χ4v) is 3.39. The van der Waals surface area contributed by atoms with Gasteiger partial charge in [-0.25, -0.2) is 0 Å². The van der Waals surface area contributed by atoms with Gasteiger partial charge in [-0.1, -0.05) is 12.2 Å². The normalized spacial score (nSPS) is 15.6. The summed E-state index contributed by atoms with van der Waals surface area (Å²) in [7, 11) is 2.96. The first-order valence-corrected chi connectivity index (χ1v) is 9.65. The van der Waals surface area contributed by atoms with Crippen molar-refractivity contribution in [2.24, 2.45) is 5.92 Å². The van der Waals surface area contributed by atoms with Gasteiger partial charge >= 0.3 is 0 Å². The summed E-state index contributed by atoms with van der Waals surface area (Å²) in [5.74, 6) is 0.712. The van der Waals surface area contributed by atoms with Gasteiger partial charge in [-0.05, 0) is 49.8 Å². The summed E-state index contributed by atoms with van der Waals surface area (Å²) in [6.07, 6.45) is 11.4. The summed E-state index contributed by atoms with van der Waals surface area (Å²) in [5, 5.41) is 5.71. The molecule has 2 amide bonds. The first-order valence-electron chi connectivity index (χ1n) is 9.65. The van der Waals surface area contributed by atoms with Gasteiger partial charge in [-0.2, -0.15) is 0 Å². The minimum Gasteiger partial charge on any atom is -0.493 e. The van der Waals surface area contributed by atoms with E-state index in [-0.39, 0.29) is 11.8 Å². The number of nitrogens with one attached hydrogen (secondary N) is 2. The molecule has 0 radical (unpaired) electrons. The van der Waals surface area contributed by atoms with Crippen LogP contribution in [-0.2, 0) is 0 Å². The van der Waals surface area contributed by atoms with Crippen LogP contribution in [0, 0.1) is 5.92 Å². The molecule has 0 saturated carbocycles. The lowest BCUT2D eigenvalue weighted by Crippen LogP contribution is -2.26. The number of methoxy groups -OCH3 is 2. The van der Waals surface area contributed by atoms with Gasteiger partial charge in [0.25, 0.3) is 11.8 Å². The Balaban J connectivity index is 1.72. The molecule has 2 N–H and O–H groups in total. The standard InChI is InChI=1S/C22H26N2O5/c1-27-19-13-17(21(25)23-10-8-15-6-4-3-5-7-15)12-18(20(19)28-2)24-22(26)16-9-11-29-14-16/h3-4,9,11-15H,5-8,10H2,1-2H3,(H,23,25)(H,24,26). The van der Waals surface area contributed by atoms with Crippen LogP contribution in [0.5, 0.6) is 11.5 Å². The highest BCUT2D eigenvalue weighted by molar-refractivity contribution is 6.06. The predicted molar refractivity (Wildman–Crippen MR) is 110 cm³/mol. The van der Waals surface area contributed by atoms with Crippen LogP contribution in [0.25, 0.3) is 0 Å². The van der Waals surface area contributed by atoms with Crippen LogP contribution in [0.1, 0.15) is 46.4 Å². The summed E-state index contributed by atoms with van der Waals surface area (Å²) in [4.78, 5) is 25.1. The van der Waals surface area contributed by atoms with Crippen molar-refractivity contribution in [3.8, 4) is 11.5 Å². The summed E-state index contributed by atoms with van der Waals surface area (Å²) in [6, 6.07) is 4.74. The zero-order chi connectivity index (χ0) is 20.6. The number of carbonyl (C=O) groups is 2. The summed E-state index contributed by atoms with van der Waals surface area (Å²) in [6.45, 7) is 0.600. The molecular weight excluding hydrogens is 372 g/mol. The second-order valence-corrected chi connectivity index (χ2v) is 6.92. The molecule has 29 heavy (non-hydrogen) atoms. The van der Waals surface area contributed by atoms with Crippen molar-refractivity contribution in [3.63, 3.8) is 0 Å². The molecule has 1 atom stereocenters. The number of carbonyl (C=O) groups excluding carboxylic acids is 2. The van der Waals surface area contributed by atoms with Crippen LogP contribution in [0.4, 0.5) is 5.69 Å². The van der Waals surface area contributed by atoms with Gasteiger partial charge < -0.3 is 24.5 Å². The van der Waals surface area contributed by atoms with Crippen molar-refractivity contribution in [2.75, 3.05) is 26.1 Å². The quantitative estimate of drug-likeness (QED) is 0.656. The van der Waals surface area contributed by atoms with E-state index in [0.29, 0.717) is 40.8 Å². The topological polar surface area (TPSA) is 89.8 Å². The maximum absolute atomic E-state index is 12.7. The van der Waals surface area contributed by atoms with Crippen molar-refractivity contribution in [2.45, 2.75) is 25.7 Å². The molecule has 0 aliphatic heterocycles. The predicted octanol–water partition coefficient (Wildman–Crippen LogP) is 4.03. The Bertz CT molecular complexity index is 874. The molecule has 154 valence electrons. The number of benzene rings is 1. The maximum atomic E-state index is 12.7. The number of furan rings is 1. The van der Waals surface area contributed by atoms with Crippen molar-refractivity contribution < 1.29 is 23.5 Å². The Morgan fingerprint density at radius 1 is 1.14 bits per heavy atom. The first-order chi connectivity index (χ1) is 14.1. The van der Waals surface area contributed by atoms with Crippen LogP contribution < -0.4 is 20.1 Å². The minimum atomic E-state index is -0.373. The molecule has 0 bridgehead atoms. The zero-order valence-electron chi connectivity index (χ0n) is 16.7. The molecule has 2 aromatic rings. The number of rotatable bonds is 8. The van der Waals surface area contributed by atoms with E-state index in [1.165, 1.54) is 26.7 Å². The lowest BCUT2D eigenvalue weighted by atomic mass is 9.91. The third-order valence-corrected chi connectivity index (χ3v) is 4.99. The Morgan fingerprint density at radius 2 is 2.00 bits per heavy atom. The fraction of sp³-hybridized carbons (Fsp3) is 0.364. The molecule has 0 spiro atoms. The van der Waals surface area contributed by atoms with Crippen molar-refractivity contribution in [1.29, 1.82) is 0 Å².